The van der Waals surface area contributed by atoms with Gasteiger partial charge in [-0.25, -0.2) is 0 Å². The van der Waals surface area contributed by atoms with Gasteiger partial charge in [0.05, 0.1) is 18.2 Å². The largest absolute Gasteiger partial charge is 0.390 e. The number of rotatable bonds is 1. The van der Waals surface area contributed by atoms with Crippen LogP contribution in [0.25, 0.3) is 0 Å². The van der Waals surface area contributed by atoms with E-state index >= 15 is 0 Å². The van der Waals surface area contributed by atoms with Gasteiger partial charge in [0.25, 0.3) is 0 Å². The van der Waals surface area contributed by atoms with Crippen LogP contribution >= 0.6 is 0 Å². The Labute approximate surface area is 93.1 Å². The predicted octanol–water partition coefficient (Wildman–Crippen LogP) is 0.923. The zero-order chi connectivity index (χ0) is 11.4. The lowest BCUT2D eigenvalue weighted by atomic mass is 10.0. The Kier molecular flexibility index (Phi) is 2.61. The summed E-state index contributed by atoms with van der Waals surface area (Å²) in [6.07, 6.45) is -0.147. The summed E-state index contributed by atoms with van der Waals surface area (Å²) in [5, 5.41) is 10.2. The molecule has 3 heteroatoms. The number of aliphatic hydroxyl groups is 1. The second kappa shape index (κ2) is 3.44. The van der Waals surface area contributed by atoms with Gasteiger partial charge in [-0.15, -0.1) is 0 Å². The van der Waals surface area contributed by atoms with Crippen molar-refractivity contribution in [3.63, 3.8) is 0 Å². The monoisotopic (exact) mass is 212 g/mol. The van der Waals surface area contributed by atoms with Gasteiger partial charge in [-0.05, 0) is 34.6 Å². The Morgan fingerprint density at radius 2 is 1.73 bits per heavy atom. The molecule has 15 heavy (non-hydrogen) atoms. The molecule has 2 fully saturated rings. The van der Waals surface area contributed by atoms with Gasteiger partial charge in [0.2, 0.25) is 0 Å². The average Bonchev–Trinajstić information content (AvgIpc) is 2.57. The van der Waals surface area contributed by atoms with Crippen molar-refractivity contribution in [2.24, 2.45) is 0 Å². The van der Waals surface area contributed by atoms with Crippen LogP contribution in [0.4, 0.5) is 0 Å². The Morgan fingerprint density at radius 3 is 2.07 bits per heavy atom. The van der Waals surface area contributed by atoms with Crippen LogP contribution in [0, 0.1) is 0 Å². The minimum atomic E-state index is -0.147. The third-order valence-corrected chi connectivity index (χ3v) is 3.92. The van der Waals surface area contributed by atoms with E-state index in [9.17, 15) is 5.11 Å². The molecule has 2 heterocycles. The van der Waals surface area contributed by atoms with Crippen molar-refractivity contribution in [1.29, 1.82) is 0 Å². The molecule has 0 aromatic rings. The number of piperazine rings is 1. The molecule has 0 aliphatic carbocycles. The van der Waals surface area contributed by atoms with Gasteiger partial charge >= 0.3 is 0 Å². The third kappa shape index (κ3) is 1.71. The minimum Gasteiger partial charge on any atom is -0.390 e. The van der Waals surface area contributed by atoms with Crippen LogP contribution in [0.2, 0.25) is 0 Å². The molecule has 88 valence electrons. The van der Waals surface area contributed by atoms with Crippen LogP contribution in [0.1, 0.15) is 34.6 Å². The van der Waals surface area contributed by atoms with Gasteiger partial charge in [0, 0.05) is 24.7 Å². The van der Waals surface area contributed by atoms with Gasteiger partial charge < -0.3 is 5.11 Å². The molecule has 3 nitrogen and oxygen atoms in total. The highest BCUT2D eigenvalue weighted by atomic mass is 16.3. The molecule has 0 aromatic carbocycles. The Balaban J connectivity index is 2.13. The van der Waals surface area contributed by atoms with E-state index in [1.165, 1.54) is 0 Å². The molecular formula is C12H24N2O. The van der Waals surface area contributed by atoms with Gasteiger partial charge in [-0.2, -0.15) is 0 Å². The maximum Gasteiger partial charge on any atom is 0.0875 e. The zero-order valence-corrected chi connectivity index (χ0v) is 10.6. The van der Waals surface area contributed by atoms with E-state index in [2.05, 4.69) is 44.4 Å². The number of hydrogen-bond donors (Lipinski definition) is 1. The second-order valence-corrected chi connectivity index (χ2v) is 6.24. The van der Waals surface area contributed by atoms with Gasteiger partial charge in [-0.3, -0.25) is 9.80 Å². The first-order valence-electron chi connectivity index (χ1n) is 6.03. The smallest absolute Gasteiger partial charge is 0.0875 e. The molecule has 2 aliphatic rings. The van der Waals surface area contributed by atoms with Gasteiger partial charge in [-0.1, -0.05) is 0 Å². The highest BCUT2D eigenvalue weighted by Crippen LogP contribution is 2.36. The van der Waals surface area contributed by atoms with Crippen molar-refractivity contribution < 1.29 is 5.11 Å². The van der Waals surface area contributed by atoms with Crippen LogP contribution < -0.4 is 0 Å². The average molecular weight is 212 g/mol. The summed E-state index contributed by atoms with van der Waals surface area (Å²) in [6, 6.07) is 1.25. The molecule has 0 saturated carbocycles. The van der Waals surface area contributed by atoms with Crippen LogP contribution in [-0.4, -0.2) is 57.8 Å². The Hall–Kier alpha value is -0.120. The molecule has 1 N–H and O–H groups in total. The van der Waals surface area contributed by atoms with Crippen molar-refractivity contribution >= 4 is 0 Å². The lowest BCUT2D eigenvalue weighted by Gasteiger charge is -2.42. The van der Waals surface area contributed by atoms with Crippen LogP contribution in [-0.2, 0) is 0 Å². The lowest BCUT2D eigenvalue weighted by molar-refractivity contribution is 0.0431. The SMILES string of the molecule is CC(C)N1CC2C(O)C1CN2C(C)(C)C. The lowest BCUT2D eigenvalue weighted by Crippen LogP contribution is -2.54. The maximum absolute atomic E-state index is 10.2. The van der Waals surface area contributed by atoms with Gasteiger partial charge in [0.15, 0.2) is 0 Å². The molecule has 0 radical (unpaired) electrons. The van der Waals surface area contributed by atoms with Crippen molar-refractivity contribution in [1.82, 2.24) is 9.80 Å². The summed E-state index contributed by atoms with van der Waals surface area (Å²) in [6.45, 7) is 13.2. The molecular weight excluding hydrogens is 188 g/mol. The van der Waals surface area contributed by atoms with E-state index in [1.807, 2.05) is 0 Å². The fourth-order valence-electron chi connectivity index (χ4n) is 3.11. The van der Waals surface area contributed by atoms with E-state index < -0.39 is 0 Å². The summed E-state index contributed by atoms with van der Waals surface area (Å²) in [7, 11) is 0. The fraction of sp³-hybridized carbons (Fsp3) is 1.00. The molecule has 2 rings (SSSR count). The maximum atomic E-state index is 10.2. The van der Waals surface area contributed by atoms with Crippen molar-refractivity contribution in [3.05, 3.63) is 0 Å². The summed E-state index contributed by atoms with van der Waals surface area (Å²) in [5.41, 5.74) is 0.184. The summed E-state index contributed by atoms with van der Waals surface area (Å²) in [4.78, 5) is 4.90. The minimum absolute atomic E-state index is 0.147. The van der Waals surface area contributed by atoms with Crippen LogP contribution in [0.5, 0.6) is 0 Å². The van der Waals surface area contributed by atoms with Crippen molar-refractivity contribution in [3.8, 4) is 0 Å². The Bertz CT molecular complexity index is 246. The molecule has 0 amide bonds. The first-order chi connectivity index (χ1) is 6.82. The van der Waals surface area contributed by atoms with Crippen molar-refractivity contribution in [2.45, 2.75) is 64.4 Å². The second-order valence-electron chi connectivity index (χ2n) is 6.24. The summed E-state index contributed by atoms with van der Waals surface area (Å²) >= 11 is 0. The number of aliphatic hydroxyl groups excluding tert-OH is 1. The quantitative estimate of drug-likeness (QED) is 0.700. The first-order valence-corrected chi connectivity index (χ1v) is 6.03. The highest BCUT2D eigenvalue weighted by Gasteiger charge is 2.53. The van der Waals surface area contributed by atoms with Crippen LogP contribution in [0.15, 0.2) is 0 Å². The molecule has 3 unspecified atom stereocenters. The number of nitrogens with zero attached hydrogens (tertiary/aromatic N) is 2. The topological polar surface area (TPSA) is 26.7 Å². The van der Waals surface area contributed by atoms with E-state index in [-0.39, 0.29) is 11.6 Å². The summed E-state index contributed by atoms with van der Waals surface area (Å²) < 4.78 is 0. The van der Waals surface area contributed by atoms with E-state index in [0.717, 1.165) is 13.1 Å². The van der Waals surface area contributed by atoms with Gasteiger partial charge in [0.1, 0.15) is 0 Å². The standard InChI is InChI=1S/C12H24N2O/c1-8(2)13-6-10-11(15)9(13)7-14(10)12(3,4)5/h8-11,15H,6-7H2,1-5H3. The highest BCUT2D eigenvalue weighted by molar-refractivity contribution is 5.09. The molecule has 3 atom stereocenters. The predicted molar refractivity (Wildman–Crippen MR) is 61.9 cm³/mol. The normalized spacial score (nSPS) is 38.2. The molecule has 0 spiro atoms. The number of hydrogen-bond acceptors (Lipinski definition) is 3. The third-order valence-electron chi connectivity index (χ3n) is 3.92. The number of likely N-dealkylation sites (tertiary alicyclic amines) is 2. The fourth-order valence-corrected chi connectivity index (χ4v) is 3.11. The van der Waals surface area contributed by atoms with Crippen LogP contribution in [0.3, 0.4) is 0 Å². The van der Waals surface area contributed by atoms with E-state index in [0.29, 0.717) is 18.1 Å². The Morgan fingerprint density at radius 1 is 1.13 bits per heavy atom. The van der Waals surface area contributed by atoms with Crippen molar-refractivity contribution in [2.75, 3.05) is 13.1 Å². The van der Waals surface area contributed by atoms with E-state index in [4.69, 9.17) is 0 Å². The summed E-state index contributed by atoms with van der Waals surface area (Å²) in [5.74, 6) is 0. The molecule has 2 saturated heterocycles. The first kappa shape index (κ1) is 11.4. The number of fused-ring (bicyclic) bond motifs is 2. The molecule has 2 aliphatic heterocycles. The molecule has 0 aromatic heterocycles. The zero-order valence-electron chi connectivity index (χ0n) is 10.6. The molecule has 2 bridgehead atoms. The van der Waals surface area contributed by atoms with E-state index in [1.54, 1.807) is 0 Å².